The quantitative estimate of drug-likeness (QED) is 0.123. The molecule has 0 bridgehead atoms. The van der Waals surface area contributed by atoms with Crippen molar-refractivity contribution in [1.82, 2.24) is 30.1 Å². The molecule has 2 saturated carbocycles. The molecule has 16 heteroatoms. The van der Waals surface area contributed by atoms with Gasteiger partial charge in [0.05, 0.1) is 16.8 Å². The van der Waals surface area contributed by atoms with E-state index in [4.69, 9.17) is 0 Å². The van der Waals surface area contributed by atoms with E-state index in [-0.39, 0.29) is 53.5 Å². The van der Waals surface area contributed by atoms with Gasteiger partial charge in [-0.3, -0.25) is 48.3 Å². The number of aromatic nitrogens is 3. The normalized spacial score (nSPS) is 20.1. The predicted molar refractivity (Wildman–Crippen MR) is 204 cm³/mol. The Morgan fingerprint density at radius 1 is 0.875 bits per heavy atom. The monoisotopic (exact) mass is 763 g/mol. The van der Waals surface area contributed by atoms with E-state index in [2.05, 4.69) is 36.6 Å². The minimum atomic E-state index is -1.08. The molecule has 1 unspecified atom stereocenters. The second-order valence-corrected chi connectivity index (χ2v) is 15.8. The zero-order valence-electron chi connectivity index (χ0n) is 31.3. The summed E-state index contributed by atoms with van der Waals surface area (Å²) in [7, 11) is 0. The molecule has 6 amide bonds. The van der Waals surface area contributed by atoms with Gasteiger partial charge in [0, 0.05) is 25.5 Å². The van der Waals surface area contributed by atoms with E-state index in [0.717, 1.165) is 61.8 Å². The maximum Gasteiger partial charge on any atom is 0.276 e. The van der Waals surface area contributed by atoms with Crippen LogP contribution < -0.4 is 32.1 Å². The fraction of sp³-hybridized carbons (Fsp3) is 0.475. The average molecular weight is 764 g/mol. The van der Waals surface area contributed by atoms with Gasteiger partial charge in [-0.25, -0.2) is 9.97 Å². The number of anilines is 4. The van der Waals surface area contributed by atoms with Crippen LogP contribution >= 0.6 is 0 Å². The molecule has 1 atom stereocenters. The predicted octanol–water partition coefficient (Wildman–Crippen LogP) is 4.23. The van der Waals surface area contributed by atoms with Crippen LogP contribution in [0.15, 0.2) is 41.5 Å². The molecule has 3 aromatic rings. The zero-order valence-corrected chi connectivity index (χ0v) is 31.3. The first-order chi connectivity index (χ1) is 27.0. The van der Waals surface area contributed by atoms with E-state index in [1.165, 1.54) is 25.2 Å². The molecule has 3 fully saturated rings. The second-order valence-electron chi connectivity index (χ2n) is 15.8. The third kappa shape index (κ3) is 6.92. The minimum Gasteiger partial charge on any atom is -0.370 e. The lowest BCUT2D eigenvalue weighted by atomic mass is 9.79. The summed E-state index contributed by atoms with van der Waals surface area (Å²) in [6, 6.07) is 7.01. The molecule has 2 spiro atoms. The summed E-state index contributed by atoms with van der Waals surface area (Å²) in [6.07, 6.45) is 11.9. The van der Waals surface area contributed by atoms with Crippen molar-refractivity contribution in [3.8, 4) is 0 Å². The van der Waals surface area contributed by atoms with E-state index in [1.807, 2.05) is 6.92 Å². The Bertz CT molecular complexity index is 2220. The Morgan fingerprint density at radius 3 is 2.38 bits per heavy atom. The Balaban J connectivity index is 0.778. The molecular formula is C40H45N9O7. The van der Waals surface area contributed by atoms with E-state index in [9.17, 15) is 33.6 Å². The number of pyridine rings is 1. The van der Waals surface area contributed by atoms with Gasteiger partial charge in [0.15, 0.2) is 0 Å². The number of amides is 6. The molecule has 5 N–H and O–H groups in total. The lowest BCUT2D eigenvalue weighted by molar-refractivity contribution is -0.136. The first-order valence-corrected chi connectivity index (χ1v) is 19.5. The Kier molecular flexibility index (Phi) is 9.66. The van der Waals surface area contributed by atoms with Crippen LogP contribution in [-0.2, 0) is 20.0 Å². The van der Waals surface area contributed by atoms with Gasteiger partial charge in [-0.2, -0.15) is 0 Å². The van der Waals surface area contributed by atoms with Gasteiger partial charge in [0.1, 0.15) is 41.0 Å². The van der Waals surface area contributed by atoms with Crippen LogP contribution in [0.2, 0.25) is 0 Å². The summed E-state index contributed by atoms with van der Waals surface area (Å²) < 4.78 is 1.69. The zero-order chi connectivity index (χ0) is 39.2. The molecular weight excluding hydrogens is 718 g/mol. The van der Waals surface area contributed by atoms with E-state index >= 15 is 0 Å². The summed E-state index contributed by atoms with van der Waals surface area (Å²) in [5.41, 5.74) is 1.40. The van der Waals surface area contributed by atoms with Crippen LogP contribution in [0.5, 0.6) is 0 Å². The van der Waals surface area contributed by atoms with Crippen LogP contribution in [-0.4, -0.2) is 67.5 Å². The maximum absolute atomic E-state index is 13.9. The summed E-state index contributed by atoms with van der Waals surface area (Å²) in [5, 5.41) is 14.6. The molecule has 5 aliphatic rings. The number of imide groups is 2. The van der Waals surface area contributed by atoms with Gasteiger partial charge >= 0.3 is 0 Å². The van der Waals surface area contributed by atoms with Gasteiger partial charge in [-0.1, -0.05) is 25.3 Å². The number of carbonyl (C=O) groups is 6. The number of piperidine rings is 1. The van der Waals surface area contributed by atoms with Crippen molar-refractivity contribution in [1.29, 1.82) is 0 Å². The van der Waals surface area contributed by atoms with Crippen LogP contribution in [0, 0.1) is 12.3 Å². The molecule has 1 saturated heterocycles. The summed E-state index contributed by atoms with van der Waals surface area (Å²) >= 11 is 0. The van der Waals surface area contributed by atoms with Crippen LogP contribution in [0.1, 0.15) is 127 Å². The first kappa shape index (κ1) is 37.0. The van der Waals surface area contributed by atoms with Crippen molar-refractivity contribution < 1.29 is 28.8 Å². The number of nitrogens with one attached hydrogen (secondary N) is 5. The molecule has 1 aromatic carbocycles. The van der Waals surface area contributed by atoms with Gasteiger partial charge in [0.25, 0.3) is 23.3 Å². The lowest BCUT2D eigenvalue weighted by Crippen LogP contribution is -2.54. The lowest BCUT2D eigenvalue weighted by Gasteiger charge is -2.39. The highest BCUT2D eigenvalue weighted by Crippen LogP contribution is 2.59. The molecule has 0 radical (unpaired) electrons. The topological polar surface area (TPSA) is 214 Å². The highest BCUT2D eigenvalue weighted by atomic mass is 16.2. The number of benzene rings is 1. The second kappa shape index (κ2) is 14.6. The van der Waals surface area contributed by atoms with Crippen LogP contribution in [0.3, 0.4) is 0 Å². The smallest absolute Gasteiger partial charge is 0.276 e. The van der Waals surface area contributed by atoms with Gasteiger partial charge in [-0.05, 0) is 93.9 Å². The Morgan fingerprint density at radius 2 is 1.61 bits per heavy atom. The number of aryl methyl sites for hydroxylation is 1. The molecule has 3 aliphatic heterocycles. The molecule has 56 heavy (non-hydrogen) atoms. The third-order valence-corrected chi connectivity index (χ3v) is 12.0. The fourth-order valence-corrected chi connectivity index (χ4v) is 8.72. The van der Waals surface area contributed by atoms with Gasteiger partial charge < -0.3 is 21.3 Å². The van der Waals surface area contributed by atoms with Crippen molar-refractivity contribution in [2.75, 3.05) is 22.5 Å². The van der Waals surface area contributed by atoms with E-state index in [0.29, 0.717) is 41.4 Å². The van der Waals surface area contributed by atoms with Crippen LogP contribution in [0.4, 0.5) is 23.0 Å². The number of rotatable bonds is 13. The SMILES string of the molecule is Cc1cc(Nc2cc(NCCCCCCCC(=O)Nc3cccc4c3C(=O)N(C3CCC(=O)NC3=O)C4=O)ncn2)c(=O)n2c1C(=O)NC21CCC2(CC2)CC1. The molecule has 292 valence electrons. The molecule has 2 aromatic heterocycles. The highest BCUT2D eigenvalue weighted by molar-refractivity contribution is 6.26. The fourth-order valence-electron chi connectivity index (χ4n) is 8.72. The molecule has 5 heterocycles. The number of unbranched alkanes of at least 4 members (excludes halogenated alkanes) is 4. The average Bonchev–Trinajstić information content (AvgIpc) is 3.80. The number of hydrogen-bond acceptors (Lipinski definition) is 11. The van der Waals surface area contributed by atoms with Gasteiger partial charge in [0.2, 0.25) is 17.7 Å². The van der Waals surface area contributed by atoms with Crippen molar-refractivity contribution in [2.45, 2.75) is 109 Å². The van der Waals surface area contributed by atoms with Crippen molar-refractivity contribution >= 4 is 58.5 Å². The molecule has 16 nitrogen and oxygen atoms in total. The Hall–Kier alpha value is -5.93. The highest BCUT2D eigenvalue weighted by Gasteiger charge is 2.54. The Labute approximate surface area is 322 Å². The maximum atomic E-state index is 13.9. The summed E-state index contributed by atoms with van der Waals surface area (Å²) in [4.78, 5) is 99.6. The van der Waals surface area contributed by atoms with Crippen LogP contribution in [0.25, 0.3) is 0 Å². The summed E-state index contributed by atoms with van der Waals surface area (Å²) in [5.74, 6) is -1.83. The summed E-state index contributed by atoms with van der Waals surface area (Å²) in [6.45, 7) is 2.52. The number of hydrogen-bond donors (Lipinski definition) is 5. The first-order valence-electron chi connectivity index (χ1n) is 19.5. The van der Waals surface area contributed by atoms with E-state index < -0.39 is 35.3 Å². The molecule has 8 rings (SSSR count). The van der Waals surface area contributed by atoms with Gasteiger partial charge in [-0.15, -0.1) is 0 Å². The number of nitrogens with zero attached hydrogens (tertiary/aromatic N) is 4. The third-order valence-electron chi connectivity index (χ3n) is 12.0. The van der Waals surface area contributed by atoms with Crippen molar-refractivity contribution in [3.05, 3.63) is 69.4 Å². The molecule has 2 aliphatic carbocycles. The van der Waals surface area contributed by atoms with Crippen molar-refractivity contribution in [2.24, 2.45) is 5.41 Å². The largest absolute Gasteiger partial charge is 0.370 e. The number of fused-ring (bicyclic) bond motifs is 3. The number of carbonyl (C=O) groups excluding carboxylic acids is 6. The van der Waals surface area contributed by atoms with E-state index in [1.54, 1.807) is 28.8 Å². The van der Waals surface area contributed by atoms with Crippen molar-refractivity contribution in [3.63, 3.8) is 0 Å². The minimum absolute atomic E-state index is 0.0241. The standard InChI is InChI=1S/C40H45N9O7/c1-23-20-26(37(55)49-33(23)35(53)47-40(49)17-15-39(13-14-39)16-18-40)44-29-21-28(42-22-43-29)41-19-6-4-2-3-5-10-30(50)45-25-9-7-8-24-32(25)38(56)48(36(24)54)27-11-12-31(51)46-34(27)52/h7-9,20-22,27H,2-6,10-19H2,1H3,(H,45,50)(H,47,53)(H,46,51,52)(H2,41,42,43,44).